The van der Waals surface area contributed by atoms with E-state index in [9.17, 15) is 4.79 Å². The number of nitrogens with one attached hydrogen (secondary N) is 1. The Kier molecular flexibility index (Phi) is 4.31. The van der Waals surface area contributed by atoms with Gasteiger partial charge in [0.1, 0.15) is 0 Å². The van der Waals surface area contributed by atoms with Crippen LogP contribution in [-0.2, 0) is 0 Å². The molecule has 0 aromatic heterocycles. The molecule has 0 heterocycles. The number of hydrogen-bond donors (Lipinski definition) is 3. The predicted molar refractivity (Wildman–Crippen MR) is 89.5 cm³/mol. The molecule has 4 nitrogen and oxygen atoms in total. The SMILES string of the molecule is NC(=O)c1ccc(N)c(Nc2ccc(I)cc2Br)c1. The van der Waals surface area contributed by atoms with Crippen molar-refractivity contribution in [1.82, 2.24) is 0 Å². The van der Waals surface area contributed by atoms with Crippen LogP contribution >= 0.6 is 38.5 Å². The molecule has 0 saturated carbocycles. The quantitative estimate of drug-likeness (QED) is 0.514. The molecule has 0 aliphatic heterocycles. The number of rotatable bonds is 3. The van der Waals surface area contributed by atoms with Crippen LogP contribution in [0.1, 0.15) is 10.4 Å². The van der Waals surface area contributed by atoms with Crippen molar-refractivity contribution >= 4 is 61.5 Å². The van der Waals surface area contributed by atoms with Crippen molar-refractivity contribution in [2.75, 3.05) is 11.1 Å². The summed E-state index contributed by atoms with van der Waals surface area (Å²) in [4.78, 5) is 11.2. The molecule has 5 N–H and O–H groups in total. The maximum atomic E-state index is 11.2. The third-order valence-electron chi connectivity index (χ3n) is 2.54. The Balaban J connectivity index is 2.37. The van der Waals surface area contributed by atoms with E-state index in [1.54, 1.807) is 18.2 Å². The average Bonchev–Trinajstić information content (AvgIpc) is 2.34. The highest BCUT2D eigenvalue weighted by molar-refractivity contribution is 14.1. The number of amides is 1. The highest BCUT2D eigenvalue weighted by Gasteiger charge is 2.07. The number of nitrogen functional groups attached to an aromatic ring is 1. The minimum absolute atomic E-state index is 0.415. The van der Waals surface area contributed by atoms with Crippen molar-refractivity contribution < 1.29 is 4.79 Å². The summed E-state index contributed by atoms with van der Waals surface area (Å²) in [5.74, 6) is -0.482. The fraction of sp³-hybridized carbons (Fsp3) is 0. The fourth-order valence-corrected chi connectivity index (χ4v) is 2.95. The van der Waals surface area contributed by atoms with Gasteiger partial charge in [-0.1, -0.05) is 0 Å². The molecule has 2 aromatic carbocycles. The molecule has 2 aromatic rings. The third-order valence-corrected chi connectivity index (χ3v) is 3.87. The van der Waals surface area contributed by atoms with Crippen molar-refractivity contribution in [3.8, 4) is 0 Å². The van der Waals surface area contributed by atoms with Crippen LogP contribution in [0.5, 0.6) is 0 Å². The molecule has 2 rings (SSSR count). The second kappa shape index (κ2) is 5.79. The number of anilines is 3. The van der Waals surface area contributed by atoms with Gasteiger partial charge in [-0.15, -0.1) is 0 Å². The molecule has 0 unspecified atom stereocenters. The van der Waals surface area contributed by atoms with Crippen molar-refractivity contribution in [3.63, 3.8) is 0 Å². The van der Waals surface area contributed by atoms with Crippen LogP contribution in [-0.4, -0.2) is 5.91 Å². The first kappa shape index (κ1) is 14.1. The highest BCUT2D eigenvalue weighted by atomic mass is 127. The Morgan fingerprint density at radius 2 is 1.89 bits per heavy atom. The lowest BCUT2D eigenvalue weighted by atomic mass is 10.1. The molecule has 0 atom stereocenters. The van der Waals surface area contributed by atoms with Gasteiger partial charge in [0.2, 0.25) is 5.91 Å². The summed E-state index contributed by atoms with van der Waals surface area (Å²) < 4.78 is 2.04. The number of benzene rings is 2. The van der Waals surface area contributed by atoms with Crippen molar-refractivity contribution in [3.05, 3.63) is 50.0 Å². The predicted octanol–water partition coefficient (Wildman–Crippen LogP) is 3.48. The first-order valence-electron chi connectivity index (χ1n) is 5.39. The number of carbonyl (C=O) groups excluding carboxylic acids is 1. The van der Waals surface area contributed by atoms with Crippen LogP contribution in [0.25, 0.3) is 0 Å². The number of nitrogens with two attached hydrogens (primary N) is 2. The van der Waals surface area contributed by atoms with Crippen LogP contribution in [0.3, 0.4) is 0 Å². The largest absolute Gasteiger partial charge is 0.397 e. The number of halogens is 2. The van der Waals surface area contributed by atoms with Crippen LogP contribution in [0, 0.1) is 3.57 Å². The van der Waals surface area contributed by atoms with E-state index in [-0.39, 0.29) is 0 Å². The van der Waals surface area contributed by atoms with E-state index in [0.29, 0.717) is 16.9 Å². The molecule has 0 fully saturated rings. The summed E-state index contributed by atoms with van der Waals surface area (Å²) in [7, 11) is 0. The molecule has 98 valence electrons. The van der Waals surface area contributed by atoms with Gasteiger partial charge < -0.3 is 16.8 Å². The number of hydrogen-bond acceptors (Lipinski definition) is 3. The zero-order chi connectivity index (χ0) is 14.0. The van der Waals surface area contributed by atoms with Gasteiger partial charge in [-0.05, 0) is 74.9 Å². The smallest absolute Gasteiger partial charge is 0.248 e. The van der Waals surface area contributed by atoms with Crippen molar-refractivity contribution in [2.45, 2.75) is 0 Å². The zero-order valence-corrected chi connectivity index (χ0v) is 13.5. The van der Waals surface area contributed by atoms with E-state index in [2.05, 4.69) is 43.8 Å². The molecule has 0 spiro atoms. The second-order valence-electron chi connectivity index (χ2n) is 3.92. The Labute approximate surface area is 132 Å². The maximum absolute atomic E-state index is 11.2. The van der Waals surface area contributed by atoms with Gasteiger partial charge in [-0.25, -0.2) is 0 Å². The summed E-state index contributed by atoms with van der Waals surface area (Å²) in [6, 6.07) is 10.8. The molecule has 19 heavy (non-hydrogen) atoms. The van der Waals surface area contributed by atoms with Gasteiger partial charge in [0.25, 0.3) is 0 Å². The van der Waals surface area contributed by atoms with Gasteiger partial charge in [-0.2, -0.15) is 0 Å². The summed E-state index contributed by atoms with van der Waals surface area (Å²) >= 11 is 5.71. The first-order valence-corrected chi connectivity index (χ1v) is 7.26. The minimum atomic E-state index is -0.482. The van der Waals surface area contributed by atoms with E-state index >= 15 is 0 Å². The third kappa shape index (κ3) is 3.38. The molecule has 0 saturated heterocycles. The van der Waals surface area contributed by atoms with Crippen molar-refractivity contribution in [1.29, 1.82) is 0 Å². The molecular weight excluding hydrogens is 421 g/mol. The normalized spacial score (nSPS) is 10.2. The summed E-state index contributed by atoms with van der Waals surface area (Å²) in [6.07, 6.45) is 0. The lowest BCUT2D eigenvalue weighted by molar-refractivity contribution is 0.100. The Hall–Kier alpha value is -1.28. The van der Waals surface area contributed by atoms with E-state index in [4.69, 9.17) is 11.5 Å². The molecule has 0 aliphatic carbocycles. The molecule has 0 aliphatic rings. The molecule has 0 radical (unpaired) electrons. The van der Waals surface area contributed by atoms with Gasteiger partial charge in [0.05, 0.1) is 17.1 Å². The highest BCUT2D eigenvalue weighted by Crippen LogP contribution is 2.30. The van der Waals surface area contributed by atoms with E-state index in [1.165, 1.54) is 0 Å². The molecule has 1 amide bonds. The van der Waals surface area contributed by atoms with Crippen LogP contribution in [0.4, 0.5) is 17.1 Å². The Bertz CT molecular complexity index is 646. The summed E-state index contributed by atoms with van der Waals surface area (Å²) in [5, 5.41) is 3.18. The Morgan fingerprint density at radius 3 is 2.53 bits per heavy atom. The monoisotopic (exact) mass is 431 g/mol. The van der Waals surface area contributed by atoms with Gasteiger partial charge in [0, 0.05) is 13.6 Å². The summed E-state index contributed by atoms with van der Waals surface area (Å²) in [6.45, 7) is 0. The number of carbonyl (C=O) groups is 1. The molecule has 0 bridgehead atoms. The van der Waals surface area contributed by atoms with E-state index < -0.39 is 5.91 Å². The molecule has 6 heteroatoms. The lowest BCUT2D eigenvalue weighted by Gasteiger charge is -2.12. The number of primary amides is 1. The lowest BCUT2D eigenvalue weighted by Crippen LogP contribution is -2.11. The zero-order valence-electron chi connectivity index (χ0n) is 9.78. The van der Waals surface area contributed by atoms with E-state index in [1.807, 2.05) is 18.2 Å². The van der Waals surface area contributed by atoms with Crippen LogP contribution in [0.15, 0.2) is 40.9 Å². The standard InChI is InChI=1S/C13H11BrIN3O/c14-9-6-8(15)2-4-11(9)18-12-5-7(13(17)19)1-3-10(12)16/h1-6,18H,16H2,(H2,17,19). The summed E-state index contributed by atoms with van der Waals surface area (Å²) in [5.41, 5.74) is 13.6. The minimum Gasteiger partial charge on any atom is -0.397 e. The van der Waals surface area contributed by atoms with Crippen LogP contribution in [0.2, 0.25) is 0 Å². The Morgan fingerprint density at radius 1 is 1.16 bits per heavy atom. The van der Waals surface area contributed by atoms with Gasteiger partial charge >= 0.3 is 0 Å². The van der Waals surface area contributed by atoms with E-state index in [0.717, 1.165) is 13.7 Å². The van der Waals surface area contributed by atoms with Crippen molar-refractivity contribution in [2.24, 2.45) is 5.73 Å². The van der Waals surface area contributed by atoms with Crippen LogP contribution < -0.4 is 16.8 Å². The average molecular weight is 432 g/mol. The van der Waals surface area contributed by atoms with Gasteiger partial charge in [0.15, 0.2) is 0 Å². The van der Waals surface area contributed by atoms with Gasteiger partial charge in [-0.3, -0.25) is 4.79 Å². The fourth-order valence-electron chi connectivity index (χ4n) is 1.55. The second-order valence-corrected chi connectivity index (χ2v) is 6.02. The maximum Gasteiger partial charge on any atom is 0.248 e. The first-order chi connectivity index (χ1) is 8.97. The molecular formula is C13H11BrIN3O. The topological polar surface area (TPSA) is 81.1 Å².